The van der Waals surface area contributed by atoms with Crippen LogP contribution in [0.3, 0.4) is 0 Å². The highest BCUT2D eigenvalue weighted by Gasteiger charge is 2.06. The van der Waals surface area contributed by atoms with Crippen LogP contribution in [-0.2, 0) is 6.42 Å². The fraction of sp³-hybridized carbons (Fsp3) is 0.368. The molecule has 1 unspecified atom stereocenters. The normalized spacial score (nSPS) is 12.1. The molecule has 21 heavy (non-hydrogen) atoms. The van der Waals surface area contributed by atoms with E-state index in [9.17, 15) is 0 Å². The largest absolute Gasteiger partial charge is 0.492 e. The van der Waals surface area contributed by atoms with Crippen molar-refractivity contribution in [1.82, 2.24) is 0 Å². The fourth-order valence-corrected chi connectivity index (χ4v) is 2.23. The van der Waals surface area contributed by atoms with Crippen LogP contribution in [0.4, 0.5) is 0 Å². The van der Waals surface area contributed by atoms with E-state index < -0.39 is 0 Å². The summed E-state index contributed by atoms with van der Waals surface area (Å²) in [6.07, 6.45) is 3.60. The van der Waals surface area contributed by atoms with Crippen LogP contribution in [0.2, 0.25) is 0 Å². The first-order valence-electron chi connectivity index (χ1n) is 7.73. The Labute approximate surface area is 127 Å². The average Bonchev–Trinajstić information content (AvgIpc) is 2.52. The van der Waals surface area contributed by atoms with E-state index in [1.807, 2.05) is 12.1 Å². The summed E-state index contributed by atoms with van der Waals surface area (Å²) in [5, 5.41) is 0. The number of hydrogen-bond acceptors (Lipinski definition) is 2. The molecule has 0 aliphatic heterocycles. The van der Waals surface area contributed by atoms with Crippen molar-refractivity contribution in [2.75, 3.05) is 6.61 Å². The maximum Gasteiger partial charge on any atom is 0.119 e. The zero-order valence-electron chi connectivity index (χ0n) is 13.0. The molecule has 2 N–H and O–H groups in total. The van der Waals surface area contributed by atoms with Gasteiger partial charge in [0, 0.05) is 0 Å². The number of nitrogens with two attached hydrogens (primary N) is 1. The minimum Gasteiger partial charge on any atom is -0.492 e. The van der Waals surface area contributed by atoms with Crippen molar-refractivity contribution in [2.45, 2.75) is 39.2 Å². The minimum absolute atomic E-state index is 0.0923. The molecule has 112 valence electrons. The highest BCUT2D eigenvalue weighted by molar-refractivity contribution is 5.28. The van der Waals surface area contributed by atoms with E-state index in [1.54, 1.807) is 0 Å². The van der Waals surface area contributed by atoms with Gasteiger partial charge in [-0.2, -0.15) is 0 Å². The lowest BCUT2D eigenvalue weighted by atomic mass is 10.1. The Morgan fingerprint density at radius 2 is 1.67 bits per heavy atom. The van der Waals surface area contributed by atoms with Gasteiger partial charge in [-0.15, -0.1) is 0 Å². The Hall–Kier alpha value is -1.80. The van der Waals surface area contributed by atoms with Gasteiger partial charge in [-0.3, -0.25) is 0 Å². The predicted octanol–water partition coefficient (Wildman–Crippen LogP) is 4.42. The smallest absolute Gasteiger partial charge is 0.119 e. The molecule has 0 bridgehead atoms. The Balaban J connectivity index is 1.86. The summed E-state index contributed by atoms with van der Waals surface area (Å²) >= 11 is 0. The second-order valence-electron chi connectivity index (χ2n) is 5.58. The van der Waals surface area contributed by atoms with E-state index >= 15 is 0 Å². The van der Waals surface area contributed by atoms with E-state index in [0.717, 1.165) is 17.7 Å². The van der Waals surface area contributed by atoms with Gasteiger partial charge in [-0.1, -0.05) is 55.3 Å². The molecule has 0 heterocycles. The van der Waals surface area contributed by atoms with Crippen LogP contribution in [0.5, 0.6) is 5.75 Å². The van der Waals surface area contributed by atoms with Crippen LogP contribution in [-0.4, -0.2) is 6.61 Å². The maximum atomic E-state index is 6.16. The molecule has 0 fully saturated rings. The molecule has 0 aromatic heterocycles. The van der Waals surface area contributed by atoms with Crippen molar-refractivity contribution in [3.8, 4) is 5.75 Å². The van der Waals surface area contributed by atoms with Crippen molar-refractivity contribution in [3.05, 3.63) is 65.2 Å². The van der Waals surface area contributed by atoms with Gasteiger partial charge in [0.2, 0.25) is 0 Å². The average molecular weight is 283 g/mol. The van der Waals surface area contributed by atoms with E-state index in [1.165, 1.54) is 24.0 Å². The van der Waals surface area contributed by atoms with E-state index in [2.05, 4.69) is 50.2 Å². The molecule has 0 amide bonds. The molecule has 2 aromatic carbocycles. The van der Waals surface area contributed by atoms with Gasteiger partial charge in [-0.05, 0) is 43.0 Å². The molecule has 2 aromatic rings. The van der Waals surface area contributed by atoms with Crippen molar-refractivity contribution < 1.29 is 4.74 Å². The van der Waals surface area contributed by atoms with Gasteiger partial charge in [0.15, 0.2) is 0 Å². The number of unbranched alkanes of at least 4 members (excludes halogenated alkanes) is 1. The molecular weight excluding hydrogens is 258 g/mol. The van der Waals surface area contributed by atoms with Gasteiger partial charge in [0.25, 0.3) is 0 Å². The van der Waals surface area contributed by atoms with Gasteiger partial charge in [0.05, 0.1) is 6.04 Å². The zero-order valence-corrected chi connectivity index (χ0v) is 13.0. The molecule has 0 saturated heterocycles. The summed E-state index contributed by atoms with van der Waals surface area (Å²) in [5.41, 5.74) is 9.89. The van der Waals surface area contributed by atoms with Crippen molar-refractivity contribution in [3.63, 3.8) is 0 Å². The van der Waals surface area contributed by atoms with E-state index in [0.29, 0.717) is 6.61 Å². The summed E-state index contributed by atoms with van der Waals surface area (Å²) < 4.78 is 5.79. The summed E-state index contributed by atoms with van der Waals surface area (Å²) in [5.74, 6) is 0.887. The molecule has 0 aliphatic rings. The molecule has 0 aliphatic carbocycles. The molecule has 0 spiro atoms. The summed E-state index contributed by atoms with van der Waals surface area (Å²) in [6.45, 7) is 4.78. The fourth-order valence-electron chi connectivity index (χ4n) is 2.23. The third-order valence-corrected chi connectivity index (χ3v) is 3.68. The molecule has 0 radical (unpaired) electrons. The second kappa shape index (κ2) is 7.84. The molecule has 2 nitrogen and oxygen atoms in total. The van der Waals surface area contributed by atoms with Gasteiger partial charge in [-0.25, -0.2) is 0 Å². The summed E-state index contributed by atoms with van der Waals surface area (Å²) in [6, 6.07) is 16.6. The minimum atomic E-state index is -0.0923. The first kappa shape index (κ1) is 15.6. The lowest BCUT2D eigenvalue weighted by Gasteiger charge is -2.14. The monoisotopic (exact) mass is 283 g/mol. The van der Waals surface area contributed by atoms with Crippen LogP contribution in [0, 0.1) is 6.92 Å². The van der Waals surface area contributed by atoms with Crippen LogP contribution in [0.15, 0.2) is 48.5 Å². The van der Waals surface area contributed by atoms with E-state index in [4.69, 9.17) is 10.5 Å². The standard InChI is InChI=1S/C19H25NO/c1-3-4-5-16-8-12-18(13-9-16)21-14-19(20)17-10-6-15(2)7-11-17/h6-13,19H,3-5,14,20H2,1-2H3. The Morgan fingerprint density at radius 1 is 1.00 bits per heavy atom. The highest BCUT2D eigenvalue weighted by atomic mass is 16.5. The zero-order chi connectivity index (χ0) is 15.1. The second-order valence-corrected chi connectivity index (χ2v) is 5.58. The number of rotatable bonds is 7. The SMILES string of the molecule is CCCCc1ccc(OCC(N)c2ccc(C)cc2)cc1. The number of hydrogen-bond donors (Lipinski definition) is 1. The van der Waals surface area contributed by atoms with Gasteiger partial charge < -0.3 is 10.5 Å². The van der Waals surface area contributed by atoms with Crippen LogP contribution < -0.4 is 10.5 Å². The van der Waals surface area contributed by atoms with E-state index in [-0.39, 0.29) is 6.04 Å². The number of aryl methyl sites for hydroxylation is 2. The Bertz CT molecular complexity index is 530. The molecule has 0 saturated carbocycles. The van der Waals surface area contributed by atoms with Crippen LogP contribution in [0.25, 0.3) is 0 Å². The predicted molar refractivity (Wildman–Crippen MR) is 88.7 cm³/mol. The summed E-state index contributed by atoms with van der Waals surface area (Å²) in [4.78, 5) is 0. The third-order valence-electron chi connectivity index (χ3n) is 3.68. The van der Waals surface area contributed by atoms with Gasteiger partial charge in [0.1, 0.15) is 12.4 Å². The highest BCUT2D eigenvalue weighted by Crippen LogP contribution is 2.17. The topological polar surface area (TPSA) is 35.2 Å². The van der Waals surface area contributed by atoms with Crippen molar-refractivity contribution >= 4 is 0 Å². The van der Waals surface area contributed by atoms with Crippen molar-refractivity contribution in [2.24, 2.45) is 5.73 Å². The van der Waals surface area contributed by atoms with Crippen LogP contribution >= 0.6 is 0 Å². The lowest BCUT2D eigenvalue weighted by molar-refractivity contribution is 0.290. The molecule has 2 rings (SSSR count). The first-order valence-corrected chi connectivity index (χ1v) is 7.73. The molecule has 1 atom stereocenters. The number of benzene rings is 2. The first-order chi connectivity index (χ1) is 10.2. The molecule has 2 heteroatoms. The van der Waals surface area contributed by atoms with Crippen LogP contribution in [0.1, 0.15) is 42.5 Å². The Kier molecular flexibility index (Phi) is 5.82. The van der Waals surface area contributed by atoms with Crippen molar-refractivity contribution in [1.29, 1.82) is 0 Å². The lowest BCUT2D eigenvalue weighted by Crippen LogP contribution is -2.18. The molecular formula is C19H25NO. The number of ether oxygens (including phenoxy) is 1. The maximum absolute atomic E-state index is 6.16. The third kappa shape index (κ3) is 4.91. The quantitative estimate of drug-likeness (QED) is 0.816. The summed E-state index contributed by atoms with van der Waals surface area (Å²) in [7, 11) is 0. The van der Waals surface area contributed by atoms with Gasteiger partial charge >= 0.3 is 0 Å². The Morgan fingerprint density at radius 3 is 2.29 bits per heavy atom.